The predicted molar refractivity (Wildman–Crippen MR) is 88.9 cm³/mol. The van der Waals surface area contributed by atoms with Gasteiger partial charge in [0, 0.05) is 23.4 Å². The highest BCUT2D eigenvalue weighted by molar-refractivity contribution is 7.81. The van der Waals surface area contributed by atoms with Crippen molar-refractivity contribution in [1.82, 2.24) is 4.90 Å². The molecule has 0 saturated carbocycles. The quantitative estimate of drug-likeness (QED) is 0.524. The molecule has 2 atom stereocenters. The molecule has 1 aliphatic heterocycles. The molecule has 0 radical (unpaired) electrons. The van der Waals surface area contributed by atoms with Gasteiger partial charge in [0.1, 0.15) is 6.04 Å². The maximum Gasteiger partial charge on any atom is 0.327 e. The molecule has 1 aromatic carbocycles. The van der Waals surface area contributed by atoms with E-state index in [4.69, 9.17) is 16.3 Å². The number of esters is 1. The highest BCUT2D eigenvalue weighted by atomic mass is 35.5. The second-order valence-corrected chi connectivity index (χ2v) is 6.32. The van der Waals surface area contributed by atoms with Gasteiger partial charge in [-0.1, -0.05) is 41.4 Å². The Morgan fingerprint density at radius 1 is 1.52 bits per heavy atom. The summed E-state index contributed by atoms with van der Waals surface area (Å²) in [6, 6.07) is 6.92. The number of benzene rings is 1. The minimum atomic E-state index is -0.492. The Morgan fingerprint density at radius 2 is 2.24 bits per heavy atom. The minimum Gasteiger partial charge on any atom is -0.468 e. The summed E-state index contributed by atoms with van der Waals surface area (Å²) < 4.78 is 5.00. The van der Waals surface area contributed by atoms with E-state index in [0.717, 1.165) is 25.1 Å². The number of thiol groups is 1. The predicted octanol–water partition coefficient (Wildman–Crippen LogP) is 3.50. The molecule has 1 aromatic rings. The van der Waals surface area contributed by atoms with Gasteiger partial charge in [0.05, 0.1) is 7.11 Å². The van der Waals surface area contributed by atoms with E-state index >= 15 is 0 Å². The van der Waals surface area contributed by atoms with E-state index in [-0.39, 0.29) is 11.2 Å². The van der Waals surface area contributed by atoms with Crippen LogP contribution in [0.5, 0.6) is 0 Å². The third kappa shape index (κ3) is 3.82. The topological polar surface area (TPSA) is 29.5 Å². The Morgan fingerprint density at radius 3 is 2.86 bits per heavy atom. The zero-order valence-electron chi connectivity index (χ0n) is 12.3. The summed E-state index contributed by atoms with van der Waals surface area (Å²) in [7, 11) is 1.41. The van der Waals surface area contributed by atoms with Crippen LogP contribution >= 0.6 is 24.2 Å². The van der Waals surface area contributed by atoms with Crippen molar-refractivity contribution in [2.75, 3.05) is 20.2 Å². The molecular formula is C16H20ClNO2S. The molecule has 0 spiro atoms. The maximum absolute atomic E-state index is 12.3. The number of allylic oxidation sites excluding steroid dienone is 1. The largest absolute Gasteiger partial charge is 0.468 e. The van der Waals surface area contributed by atoms with Crippen molar-refractivity contribution in [3.63, 3.8) is 0 Å². The average Bonchev–Trinajstić information content (AvgIpc) is 2.48. The summed E-state index contributed by atoms with van der Waals surface area (Å²) in [5.41, 5.74) is 2.06. The van der Waals surface area contributed by atoms with Gasteiger partial charge in [0.2, 0.25) is 0 Å². The molecule has 0 aromatic heterocycles. The highest BCUT2D eigenvalue weighted by Gasteiger charge is 2.34. The number of hydrogen-bond donors (Lipinski definition) is 1. The van der Waals surface area contributed by atoms with Gasteiger partial charge in [-0.05, 0) is 25.0 Å². The number of carbonyl (C=O) groups is 1. The van der Waals surface area contributed by atoms with E-state index < -0.39 is 6.04 Å². The number of halogens is 1. The molecule has 0 N–H and O–H groups in total. The van der Waals surface area contributed by atoms with Crippen LogP contribution in [0.4, 0.5) is 0 Å². The summed E-state index contributed by atoms with van der Waals surface area (Å²) in [6.07, 6.45) is 3.04. The number of carbonyl (C=O) groups excluding carboxylic acids is 1. The second-order valence-electron chi connectivity index (χ2n) is 5.18. The van der Waals surface area contributed by atoms with Crippen molar-refractivity contribution in [3.05, 3.63) is 46.5 Å². The van der Waals surface area contributed by atoms with Crippen LogP contribution in [0.25, 0.3) is 0 Å². The third-order valence-corrected chi connectivity index (χ3v) is 4.44. The van der Waals surface area contributed by atoms with Gasteiger partial charge in [-0.3, -0.25) is 4.90 Å². The van der Waals surface area contributed by atoms with Gasteiger partial charge in [-0.25, -0.2) is 4.79 Å². The number of hydrogen-bond acceptors (Lipinski definition) is 4. The summed E-state index contributed by atoms with van der Waals surface area (Å²) in [5.74, 6) is -0.291. The summed E-state index contributed by atoms with van der Waals surface area (Å²) in [4.78, 5) is 14.4. The molecule has 0 aliphatic carbocycles. The maximum atomic E-state index is 12.3. The number of likely N-dealkylation sites (tertiary alicyclic amines) is 1. The van der Waals surface area contributed by atoms with Crippen molar-refractivity contribution < 1.29 is 9.53 Å². The first kappa shape index (κ1) is 16.4. The van der Waals surface area contributed by atoms with Crippen molar-refractivity contribution in [2.24, 2.45) is 0 Å². The Balaban J connectivity index is 2.37. The van der Waals surface area contributed by atoms with E-state index in [2.05, 4.69) is 23.6 Å². The molecule has 2 unspecified atom stereocenters. The van der Waals surface area contributed by atoms with Gasteiger partial charge in [0.15, 0.2) is 0 Å². The fourth-order valence-electron chi connectivity index (χ4n) is 2.71. The minimum absolute atomic E-state index is 0.208. The molecule has 21 heavy (non-hydrogen) atoms. The summed E-state index contributed by atoms with van der Waals surface area (Å²) >= 11 is 10.9. The second kappa shape index (κ2) is 7.34. The summed E-state index contributed by atoms with van der Waals surface area (Å²) in [6.45, 7) is 3.48. The van der Waals surface area contributed by atoms with E-state index in [0.29, 0.717) is 5.02 Å². The molecule has 1 saturated heterocycles. The lowest BCUT2D eigenvalue weighted by Crippen LogP contribution is -2.43. The molecule has 1 aliphatic rings. The smallest absolute Gasteiger partial charge is 0.327 e. The van der Waals surface area contributed by atoms with Crippen LogP contribution < -0.4 is 0 Å². The van der Waals surface area contributed by atoms with Gasteiger partial charge in [-0.15, -0.1) is 0 Å². The fourth-order valence-corrected chi connectivity index (χ4v) is 3.40. The van der Waals surface area contributed by atoms with E-state index in [1.54, 1.807) is 6.07 Å². The number of piperidine rings is 1. The van der Waals surface area contributed by atoms with Crippen LogP contribution in [-0.2, 0) is 9.53 Å². The molecule has 5 heteroatoms. The van der Waals surface area contributed by atoms with Crippen LogP contribution in [-0.4, -0.2) is 36.3 Å². The first-order valence-corrected chi connectivity index (χ1v) is 7.84. The van der Waals surface area contributed by atoms with Crippen LogP contribution in [0.3, 0.4) is 0 Å². The lowest BCUT2D eigenvalue weighted by atomic mass is 9.98. The highest BCUT2D eigenvalue weighted by Crippen LogP contribution is 2.32. The van der Waals surface area contributed by atoms with E-state index in [9.17, 15) is 4.79 Å². The zero-order valence-corrected chi connectivity index (χ0v) is 13.9. The van der Waals surface area contributed by atoms with Crippen molar-refractivity contribution in [3.8, 4) is 0 Å². The summed E-state index contributed by atoms with van der Waals surface area (Å²) in [5, 5.41) is 0.788. The molecule has 0 bridgehead atoms. The number of methoxy groups -OCH3 is 1. The van der Waals surface area contributed by atoms with E-state index in [1.807, 2.05) is 25.1 Å². The van der Waals surface area contributed by atoms with Crippen LogP contribution in [0.15, 0.2) is 35.9 Å². The lowest BCUT2D eigenvalue weighted by Gasteiger charge is -2.37. The van der Waals surface area contributed by atoms with Crippen LogP contribution in [0.2, 0.25) is 5.02 Å². The Hall–Kier alpha value is -0.970. The van der Waals surface area contributed by atoms with Gasteiger partial charge in [0.25, 0.3) is 0 Å². The Bertz CT molecular complexity index is 547. The standard InChI is InChI=1S/C16H20ClNO2S/c1-3-11-8-12(21)10-18(9-11)15(16(19)20-2)13-6-4-5-7-14(13)17/h3-7,12,15,21H,8-10H2,1-2H3/b11-3+. The molecule has 1 heterocycles. The first-order chi connectivity index (χ1) is 10.1. The van der Waals surface area contributed by atoms with Gasteiger partial charge < -0.3 is 4.74 Å². The third-order valence-electron chi connectivity index (χ3n) is 3.75. The lowest BCUT2D eigenvalue weighted by molar-refractivity contribution is -0.147. The van der Waals surface area contributed by atoms with Crippen molar-refractivity contribution >= 4 is 30.2 Å². The van der Waals surface area contributed by atoms with Gasteiger partial charge >= 0.3 is 5.97 Å². The van der Waals surface area contributed by atoms with Crippen LogP contribution in [0, 0.1) is 0 Å². The molecular weight excluding hydrogens is 306 g/mol. The number of rotatable bonds is 3. The number of nitrogens with zero attached hydrogens (tertiary/aromatic N) is 1. The molecule has 3 nitrogen and oxygen atoms in total. The zero-order chi connectivity index (χ0) is 15.4. The average molecular weight is 326 g/mol. The molecule has 1 fully saturated rings. The SMILES string of the molecule is C/C=C1\CC(S)CN(C(C(=O)OC)c2ccccc2Cl)C1. The van der Waals surface area contributed by atoms with Crippen molar-refractivity contribution in [2.45, 2.75) is 24.6 Å². The first-order valence-electron chi connectivity index (χ1n) is 6.95. The Labute approximate surface area is 136 Å². The van der Waals surface area contributed by atoms with E-state index in [1.165, 1.54) is 12.7 Å². The fraction of sp³-hybridized carbons (Fsp3) is 0.438. The van der Waals surface area contributed by atoms with Gasteiger partial charge in [-0.2, -0.15) is 12.6 Å². The molecule has 2 rings (SSSR count). The molecule has 114 valence electrons. The monoisotopic (exact) mass is 325 g/mol. The molecule has 0 amide bonds. The van der Waals surface area contributed by atoms with Crippen molar-refractivity contribution in [1.29, 1.82) is 0 Å². The van der Waals surface area contributed by atoms with Crippen LogP contribution in [0.1, 0.15) is 24.9 Å². The number of ether oxygens (including phenoxy) is 1. The Kier molecular flexibility index (Phi) is 5.73. The normalized spacial score (nSPS) is 23.0.